The quantitative estimate of drug-likeness (QED) is 0.267. The number of fused-ring (bicyclic) bond motifs is 4. The number of hydrogen-bond acceptors (Lipinski definition) is 6. The topological polar surface area (TPSA) is 71.4 Å². The van der Waals surface area contributed by atoms with Crippen LogP contribution < -0.4 is 4.90 Å². The van der Waals surface area contributed by atoms with Gasteiger partial charge in [-0.3, -0.25) is 4.79 Å². The summed E-state index contributed by atoms with van der Waals surface area (Å²) in [6, 6.07) is 9.21. The highest BCUT2D eigenvalue weighted by Crippen LogP contribution is 2.70. The Hall–Kier alpha value is -2.88. The maximum atomic E-state index is 13.9. The van der Waals surface area contributed by atoms with Gasteiger partial charge in [-0.25, -0.2) is 0 Å². The van der Waals surface area contributed by atoms with Crippen molar-refractivity contribution in [2.45, 2.75) is 65.2 Å². The number of methoxy groups -OCH3 is 1. The Balaban J connectivity index is 1.49. The molecule has 0 aromatic heterocycles. The van der Waals surface area contributed by atoms with E-state index < -0.39 is 5.41 Å². The summed E-state index contributed by atoms with van der Waals surface area (Å²) >= 11 is 0. The average Bonchev–Trinajstić information content (AvgIpc) is 3.30. The fourth-order valence-corrected chi connectivity index (χ4v) is 9.31. The van der Waals surface area contributed by atoms with Crippen molar-refractivity contribution in [1.82, 2.24) is 0 Å². The van der Waals surface area contributed by atoms with Crippen LogP contribution in [0.1, 0.15) is 70.8 Å². The fourth-order valence-electron chi connectivity index (χ4n) is 9.31. The molecule has 0 radical (unpaired) electrons. The van der Waals surface area contributed by atoms with Crippen LogP contribution in [-0.4, -0.2) is 56.7 Å². The molecule has 0 amide bonds. The van der Waals surface area contributed by atoms with Gasteiger partial charge in [-0.05, 0) is 104 Å². The van der Waals surface area contributed by atoms with Crippen molar-refractivity contribution in [3.63, 3.8) is 0 Å². The number of carbonyl (C=O) groups excluding carboxylic acids is 1. The molecule has 2 saturated carbocycles. The van der Waals surface area contributed by atoms with Crippen LogP contribution >= 0.6 is 0 Å². The molecule has 5 aliphatic rings. The van der Waals surface area contributed by atoms with Crippen molar-refractivity contribution >= 4 is 17.2 Å². The van der Waals surface area contributed by atoms with Crippen molar-refractivity contribution in [2.75, 3.05) is 44.9 Å². The second kappa shape index (κ2) is 11.1. The summed E-state index contributed by atoms with van der Waals surface area (Å²) in [4.78, 5) is 16.3. The van der Waals surface area contributed by atoms with Gasteiger partial charge in [0.25, 0.3) is 0 Å². The van der Waals surface area contributed by atoms with E-state index in [0.29, 0.717) is 17.8 Å². The summed E-state index contributed by atoms with van der Waals surface area (Å²) in [5, 5.41) is 13.2. The predicted octanol–water partition coefficient (Wildman–Crippen LogP) is 6.16. The van der Waals surface area contributed by atoms with Crippen molar-refractivity contribution in [2.24, 2.45) is 33.7 Å². The summed E-state index contributed by atoms with van der Waals surface area (Å²) in [6.07, 6.45) is 7.59. The highest BCUT2D eigenvalue weighted by atomic mass is 16.5. The molecule has 1 heterocycles. The van der Waals surface area contributed by atoms with Gasteiger partial charge < -0.3 is 19.6 Å². The first-order valence-corrected chi connectivity index (χ1v) is 15.4. The number of ether oxygens (including phenoxy) is 2. The zero-order valence-corrected chi connectivity index (χ0v) is 25.0. The second-order valence-corrected chi connectivity index (χ2v) is 13.0. The summed E-state index contributed by atoms with van der Waals surface area (Å²) in [6.45, 7) is 10.0. The molecule has 41 heavy (non-hydrogen) atoms. The van der Waals surface area contributed by atoms with Crippen LogP contribution in [0.25, 0.3) is 0 Å². The number of carbonyl (C=O) groups is 1. The largest absolute Gasteiger partial charge is 0.411 e. The Morgan fingerprint density at radius 1 is 1.22 bits per heavy atom. The zero-order chi connectivity index (χ0) is 28.8. The first-order chi connectivity index (χ1) is 19.9. The average molecular weight is 557 g/mol. The summed E-state index contributed by atoms with van der Waals surface area (Å²) < 4.78 is 11.0. The molecule has 0 spiro atoms. The van der Waals surface area contributed by atoms with Crippen LogP contribution in [0.2, 0.25) is 0 Å². The van der Waals surface area contributed by atoms with Gasteiger partial charge in [0.1, 0.15) is 6.61 Å². The van der Waals surface area contributed by atoms with Gasteiger partial charge >= 0.3 is 0 Å². The standard InChI is InChI=1S/C35H44N2O4/c1-5-13-35(32(38)22-40-4)14-12-31-29-19-23(2)28-20-25(36-39)8-11-27(28)33(29)30(21-34(31,35)3)24-6-9-26(10-7-24)37-15-17-41-18-16-37/h6-7,9-10,20,23,29-31,39H,8,11-12,14-19,21-22H2,1-4H3/b36-25+/t23?,29-,30+,31-,34-,35+/m0/s1. The number of nitrogens with zero attached hydrogens (tertiary/aromatic N) is 2. The molecule has 1 aromatic carbocycles. The van der Waals surface area contributed by atoms with Gasteiger partial charge in [0.2, 0.25) is 0 Å². The number of morpholine rings is 1. The van der Waals surface area contributed by atoms with Gasteiger partial charge in [-0.2, -0.15) is 0 Å². The van der Waals surface area contributed by atoms with Crippen LogP contribution in [0, 0.1) is 40.4 Å². The third-order valence-electron chi connectivity index (χ3n) is 11.2. The molecule has 6 heteroatoms. The van der Waals surface area contributed by atoms with E-state index in [4.69, 9.17) is 9.47 Å². The first kappa shape index (κ1) is 28.2. The minimum absolute atomic E-state index is 0.112. The molecule has 0 bridgehead atoms. The van der Waals surface area contributed by atoms with Gasteiger partial charge in [-0.15, -0.1) is 5.92 Å². The van der Waals surface area contributed by atoms with Gasteiger partial charge in [0.15, 0.2) is 5.78 Å². The third kappa shape index (κ3) is 4.48. The lowest BCUT2D eigenvalue weighted by molar-refractivity contribution is -0.136. The van der Waals surface area contributed by atoms with Crippen LogP contribution in [0.3, 0.4) is 0 Å². The second-order valence-electron chi connectivity index (χ2n) is 13.0. The Morgan fingerprint density at radius 2 is 1.98 bits per heavy atom. The Labute approximate surface area is 244 Å². The number of ketones is 1. The van der Waals surface area contributed by atoms with Crippen molar-refractivity contribution in [1.29, 1.82) is 0 Å². The number of allylic oxidation sites excluding steroid dienone is 4. The SMILES string of the molecule is CC#C[C@]1(C(=O)COC)CC[C@H]2[C@@H]3CC(C)C4=C/C(=N/O)CCC4=C3[C@@H](c3ccc(N4CCOCC4)cc3)C[C@@]21C. The van der Waals surface area contributed by atoms with E-state index in [1.807, 2.05) is 6.92 Å². The lowest BCUT2D eigenvalue weighted by Crippen LogP contribution is -2.52. The number of oxime groups is 1. The Bertz CT molecular complexity index is 1340. The molecule has 6 nitrogen and oxygen atoms in total. The molecule has 3 fully saturated rings. The predicted molar refractivity (Wildman–Crippen MR) is 161 cm³/mol. The number of rotatable bonds is 5. The van der Waals surface area contributed by atoms with Crippen LogP contribution in [0.15, 0.2) is 52.2 Å². The highest BCUT2D eigenvalue weighted by Gasteiger charge is 2.65. The lowest BCUT2D eigenvalue weighted by atomic mass is 9.47. The van der Waals surface area contributed by atoms with Crippen LogP contribution in [0.5, 0.6) is 0 Å². The molecule has 1 aromatic rings. The molecule has 218 valence electrons. The molecule has 6 atom stereocenters. The van der Waals surface area contributed by atoms with E-state index in [0.717, 1.165) is 70.5 Å². The van der Waals surface area contributed by atoms with Gasteiger partial charge in [0.05, 0.1) is 24.3 Å². The highest BCUT2D eigenvalue weighted by molar-refractivity contribution is 5.97. The summed E-state index contributed by atoms with van der Waals surface area (Å²) in [5.74, 6) is 8.23. The first-order valence-electron chi connectivity index (χ1n) is 15.4. The summed E-state index contributed by atoms with van der Waals surface area (Å²) in [5.41, 5.74) is 6.82. The van der Waals surface area contributed by atoms with E-state index in [-0.39, 0.29) is 23.7 Å². The molecular formula is C35H44N2O4. The van der Waals surface area contributed by atoms with E-state index in [9.17, 15) is 10.0 Å². The van der Waals surface area contributed by atoms with Crippen LogP contribution in [-0.2, 0) is 14.3 Å². The minimum Gasteiger partial charge on any atom is -0.411 e. The normalized spacial score (nSPS) is 35.7. The monoisotopic (exact) mass is 556 g/mol. The molecule has 1 aliphatic heterocycles. The summed E-state index contributed by atoms with van der Waals surface area (Å²) in [7, 11) is 1.62. The molecule has 4 aliphatic carbocycles. The van der Waals surface area contributed by atoms with E-state index in [1.165, 1.54) is 22.4 Å². The number of hydrogen-bond donors (Lipinski definition) is 1. The number of benzene rings is 1. The maximum Gasteiger partial charge on any atom is 0.176 e. The zero-order valence-electron chi connectivity index (χ0n) is 25.0. The van der Waals surface area contributed by atoms with Crippen molar-refractivity contribution in [3.8, 4) is 11.8 Å². The smallest absolute Gasteiger partial charge is 0.176 e. The maximum absolute atomic E-state index is 13.9. The number of anilines is 1. The van der Waals surface area contributed by atoms with E-state index >= 15 is 0 Å². The third-order valence-corrected chi connectivity index (χ3v) is 11.2. The van der Waals surface area contributed by atoms with E-state index in [1.54, 1.807) is 12.7 Å². The molecule has 1 N–H and O–H groups in total. The minimum atomic E-state index is -0.687. The lowest BCUT2D eigenvalue weighted by Gasteiger charge is -2.55. The van der Waals surface area contributed by atoms with Gasteiger partial charge in [-0.1, -0.05) is 42.6 Å². The van der Waals surface area contributed by atoms with Gasteiger partial charge in [0, 0.05) is 31.8 Å². The molecule has 1 saturated heterocycles. The molecular weight excluding hydrogens is 512 g/mol. The Kier molecular flexibility index (Phi) is 7.63. The van der Waals surface area contributed by atoms with Crippen molar-refractivity contribution in [3.05, 3.63) is 52.6 Å². The van der Waals surface area contributed by atoms with Crippen LogP contribution in [0.4, 0.5) is 5.69 Å². The Morgan fingerprint density at radius 3 is 2.66 bits per heavy atom. The van der Waals surface area contributed by atoms with Crippen molar-refractivity contribution < 1.29 is 19.5 Å². The fraction of sp³-hybridized carbons (Fsp3) is 0.600. The van der Waals surface area contributed by atoms with E-state index in [2.05, 4.69) is 66.1 Å². The molecule has 1 unspecified atom stereocenters. The number of Topliss-reactive ketones (excluding diaryl/α,β-unsaturated/α-hetero) is 1. The molecule has 6 rings (SSSR count).